The second-order valence-corrected chi connectivity index (χ2v) is 4.82. The molecule has 1 aromatic carbocycles. The molecular formula is C11H12NO4S-. The van der Waals surface area contributed by atoms with Crippen LogP contribution >= 0.6 is 0 Å². The Hall–Kier alpha value is -1.40. The molecule has 1 heterocycles. The zero-order chi connectivity index (χ0) is 12.4. The minimum Gasteiger partial charge on any atom is -0.772 e. The van der Waals surface area contributed by atoms with Crippen molar-refractivity contribution in [1.29, 1.82) is 0 Å². The number of ether oxygens (including phenoxy) is 1. The fourth-order valence-corrected chi connectivity index (χ4v) is 2.22. The van der Waals surface area contributed by atoms with Crippen LogP contribution in [0, 0.1) is 0 Å². The highest BCUT2D eigenvalue weighted by atomic mass is 32.2. The summed E-state index contributed by atoms with van der Waals surface area (Å²) in [6.07, 6.45) is -0.530. The first-order valence-electron chi connectivity index (χ1n) is 5.19. The van der Waals surface area contributed by atoms with Gasteiger partial charge in [0.25, 0.3) is 0 Å². The van der Waals surface area contributed by atoms with Crippen molar-refractivity contribution >= 4 is 22.9 Å². The van der Waals surface area contributed by atoms with Gasteiger partial charge in [0.1, 0.15) is 6.10 Å². The fourth-order valence-electron chi connectivity index (χ4n) is 1.77. The Morgan fingerprint density at radius 1 is 1.59 bits per heavy atom. The van der Waals surface area contributed by atoms with E-state index in [1.807, 2.05) is 6.92 Å². The van der Waals surface area contributed by atoms with E-state index >= 15 is 0 Å². The molecule has 2 atom stereocenters. The first-order valence-corrected chi connectivity index (χ1v) is 6.43. The van der Waals surface area contributed by atoms with Crippen LogP contribution in [0.3, 0.4) is 0 Å². The molecule has 1 saturated heterocycles. The molecule has 1 fully saturated rings. The molecule has 0 spiro atoms. The molecule has 1 aromatic rings. The number of amides is 1. The van der Waals surface area contributed by atoms with Gasteiger partial charge >= 0.3 is 6.09 Å². The van der Waals surface area contributed by atoms with Crippen LogP contribution in [-0.2, 0) is 21.6 Å². The van der Waals surface area contributed by atoms with Gasteiger partial charge in [-0.3, -0.25) is 9.11 Å². The summed E-state index contributed by atoms with van der Waals surface area (Å²) >= 11 is -2.13. The molecule has 0 aromatic heterocycles. The summed E-state index contributed by atoms with van der Waals surface area (Å²) in [5.74, 6) is -0.0493. The molecule has 92 valence electrons. The molecule has 0 radical (unpaired) electrons. The van der Waals surface area contributed by atoms with E-state index in [0.29, 0.717) is 17.8 Å². The summed E-state index contributed by atoms with van der Waals surface area (Å²) in [6.45, 7) is 2.30. The highest BCUT2D eigenvalue weighted by Gasteiger charge is 2.29. The highest BCUT2D eigenvalue weighted by molar-refractivity contribution is 7.78. The Balaban J connectivity index is 2.21. The lowest BCUT2D eigenvalue weighted by atomic mass is 10.2. The van der Waals surface area contributed by atoms with Crippen LogP contribution in [-0.4, -0.2) is 27.5 Å². The van der Waals surface area contributed by atoms with E-state index in [2.05, 4.69) is 0 Å². The van der Waals surface area contributed by atoms with E-state index in [9.17, 15) is 13.6 Å². The van der Waals surface area contributed by atoms with Crippen molar-refractivity contribution in [1.82, 2.24) is 0 Å². The summed E-state index contributed by atoms with van der Waals surface area (Å²) < 4.78 is 26.2. The Morgan fingerprint density at radius 2 is 2.35 bits per heavy atom. The average Bonchev–Trinajstić information content (AvgIpc) is 2.57. The predicted octanol–water partition coefficient (Wildman–Crippen LogP) is 1.41. The van der Waals surface area contributed by atoms with E-state index in [1.165, 1.54) is 4.90 Å². The second-order valence-electron chi connectivity index (χ2n) is 3.92. The third-order valence-corrected chi connectivity index (χ3v) is 3.04. The van der Waals surface area contributed by atoms with Crippen LogP contribution in [0.2, 0.25) is 0 Å². The number of hydrogen-bond acceptors (Lipinski definition) is 4. The molecule has 2 rings (SSSR count). The maximum Gasteiger partial charge on any atom is 0.414 e. The number of carbonyl (C=O) groups excluding carboxylic acids is 1. The monoisotopic (exact) mass is 254 g/mol. The minimum atomic E-state index is -2.13. The first-order chi connectivity index (χ1) is 8.06. The number of benzene rings is 1. The van der Waals surface area contributed by atoms with Crippen molar-refractivity contribution < 1.29 is 18.3 Å². The van der Waals surface area contributed by atoms with Gasteiger partial charge < -0.3 is 9.29 Å². The zero-order valence-corrected chi connectivity index (χ0v) is 10.1. The molecular weight excluding hydrogens is 242 g/mol. The van der Waals surface area contributed by atoms with Crippen molar-refractivity contribution in [3.05, 3.63) is 29.8 Å². The smallest absolute Gasteiger partial charge is 0.414 e. The zero-order valence-electron chi connectivity index (χ0n) is 9.29. The van der Waals surface area contributed by atoms with Crippen LogP contribution in [0.5, 0.6) is 0 Å². The topological polar surface area (TPSA) is 69.7 Å². The van der Waals surface area contributed by atoms with Crippen molar-refractivity contribution in [3.8, 4) is 0 Å². The van der Waals surface area contributed by atoms with Crippen molar-refractivity contribution in [2.45, 2.75) is 18.8 Å². The minimum absolute atomic E-state index is 0.0493. The molecule has 0 bridgehead atoms. The molecule has 17 heavy (non-hydrogen) atoms. The quantitative estimate of drug-likeness (QED) is 0.765. The van der Waals surface area contributed by atoms with Gasteiger partial charge in [0.15, 0.2) is 0 Å². The van der Waals surface area contributed by atoms with Crippen molar-refractivity contribution in [2.75, 3.05) is 11.4 Å². The van der Waals surface area contributed by atoms with Gasteiger partial charge in [0, 0.05) is 11.4 Å². The molecule has 6 heteroatoms. The number of hydrogen-bond donors (Lipinski definition) is 0. The lowest BCUT2D eigenvalue weighted by molar-refractivity contribution is 0.150. The Kier molecular flexibility index (Phi) is 3.44. The largest absolute Gasteiger partial charge is 0.772 e. The average molecular weight is 254 g/mol. The van der Waals surface area contributed by atoms with Gasteiger partial charge in [-0.15, -0.1) is 0 Å². The molecule has 0 saturated carbocycles. The van der Waals surface area contributed by atoms with Crippen LogP contribution in [0.15, 0.2) is 24.3 Å². The lowest BCUT2D eigenvalue weighted by Gasteiger charge is -2.14. The number of anilines is 1. The molecule has 1 aliphatic heterocycles. The predicted molar refractivity (Wildman–Crippen MR) is 62.4 cm³/mol. The summed E-state index contributed by atoms with van der Waals surface area (Å²) in [7, 11) is 0. The first kappa shape index (κ1) is 12.1. The second kappa shape index (κ2) is 4.85. The van der Waals surface area contributed by atoms with E-state index in [4.69, 9.17) is 4.74 Å². The van der Waals surface area contributed by atoms with E-state index < -0.39 is 17.2 Å². The fraction of sp³-hybridized carbons (Fsp3) is 0.364. The lowest BCUT2D eigenvalue weighted by Crippen LogP contribution is -2.24. The molecule has 1 amide bonds. The van der Waals surface area contributed by atoms with Gasteiger partial charge in [-0.25, -0.2) is 4.79 Å². The maximum absolute atomic E-state index is 11.5. The Morgan fingerprint density at radius 3 is 2.94 bits per heavy atom. The number of carbonyl (C=O) groups is 1. The standard InChI is InChI=1S/C11H13NO4S/c1-8-6-12(11(13)16-8)10-4-2-3-9(5-10)7-17(14)15/h2-5,8H,6-7H2,1H3,(H,14,15)/p-1. The van der Waals surface area contributed by atoms with Crippen molar-refractivity contribution in [3.63, 3.8) is 0 Å². The van der Waals surface area contributed by atoms with E-state index in [-0.39, 0.29) is 11.9 Å². The van der Waals surface area contributed by atoms with Gasteiger partial charge in [0.2, 0.25) is 0 Å². The molecule has 1 aliphatic rings. The third-order valence-electron chi connectivity index (χ3n) is 2.47. The molecule has 2 unspecified atom stereocenters. The third kappa shape index (κ3) is 2.83. The summed E-state index contributed by atoms with van der Waals surface area (Å²) in [4.78, 5) is 13.0. The van der Waals surface area contributed by atoms with Crippen LogP contribution in [0.4, 0.5) is 10.5 Å². The van der Waals surface area contributed by atoms with Gasteiger partial charge in [-0.05, 0) is 24.6 Å². The van der Waals surface area contributed by atoms with Crippen LogP contribution in [0.25, 0.3) is 0 Å². The van der Waals surface area contributed by atoms with E-state index in [0.717, 1.165) is 0 Å². The molecule has 0 aliphatic carbocycles. The molecule has 5 nitrogen and oxygen atoms in total. The van der Waals surface area contributed by atoms with Crippen LogP contribution < -0.4 is 4.90 Å². The number of nitrogens with zero attached hydrogens (tertiary/aromatic N) is 1. The van der Waals surface area contributed by atoms with Gasteiger partial charge in [-0.2, -0.15) is 0 Å². The summed E-state index contributed by atoms with van der Waals surface area (Å²) in [5, 5.41) is 0. The Labute approximate surface area is 102 Å². The van der Waals surface area contributed by atoms with Gasteiger partial charge in [0.05, 0.1) is 6.54 Å². The highest BCUT2D eigenvalue weighted by Crippen LogP contribution is 2.22. The van der Waals surface area contributed by atoms with Gasteiger partial charge in [-0.1, -0.05) is 23.2 Å². The number of rotatable bonds is 3. The normalized spacial score (nSPS) is 21.4. The van der Waals surface area contributed by atoms with Crippen molar-refractivity contribution in [2.24, 2.45) is 0 Å². The Bertz CT molecular complexity index is 463. The SMILES string of the molecule is CC1CN(c2cccc(CS(=O)[O-])c2)C(=O)O1. The summed E-state index contributed by atoms with van der Waals surface area (Å²) in [6, 6.07) is 6.89. The van der Waals surface area contributed by atoms with Crippen LogP contribution in [0.1, 0.15) is 12.5 Å². The molecule has 0 N–H and O–H groups in total. The number of cyclic esters (lactones) is 1. The van der Waals surface area contributed by atoms with E-state index in [1.54, 1.807) is 24.3 Å². The maximum atomic E-state index is 11.5. The summed E-state index contributed by atoms with van der Waals surface area (Å²) in [5.41, 5.74) is 1.32.